The fourth-order valence-corrected chi connectivity index (χ4v) is 3.35. The number of nitrogens with zero attached hydrogens (tertiary/aromatic N) is 1. The second-order valence-electron chi connectivity index (χ2n) is 6.92. The van der Waals surface area contributed by atoms with Crippen LogP contribution in [-0.4, -0.2) is 48.5 Å². The second-order valence-corrected chi connectivity index (χ2v) is 7.33. The van der Waals surface area contributed by atoms with Gasteiger partial charge in [0.05, 0.1) is 13.2 Å². The molecule has 0 saturated carbocycles. The number of benzene rings is 1. The highest BCUT2D eigenvalue weighted by Crippen LogP contribution is 2.32. The Hall–Kier alpha value is -1.30. The molecule has 0 radical (unpaired) electrons. The Kier molecular flexibility index (Phi) is 4.78. The number of hydrogen-bond donors (Lipinski definition) is 0. The number of piperidine rings is 1. The number of aryl methyl sites for hydroxylation is 1. The molecule has 2 heterocycles. The van der Waals surface area contributed by atoms with E-state index in [1.54, 1.807) is 26.0 Å². The molecule has 5 nitrogen and oxygen atoms in total. The Labute approximate surface area is 147 Å². The number of amides is 1. The maximum atomic E-state index is 12.9. The molecular formula is C18H24ClNO4. The molecule has 2 aliphatic heterocycles. The van der Waals surface area contributed by atoms with Gasteiger partial charge in [0.15, 0.2) is 11.4 Å². The van der Waals surface area contributed by atoms with E-state index in [1.165, 1.54) is 0 Å². The first-order valence-corrected chi connectivity index (χ1v) is 8.72. The van der Waals surface area contributed by atoms with E-state index in [0.29, 0.717) is 49.9 Å². The fourth-order valence-electron chi connectivity index (χ4n) is 3.24. The molecule has 3 rings (SSSR count). The molecule has 2 aliphatic rings. The van der Waals surface area contributed by atoms with Crippen LogP contribution < -0.4 is 4.74 Å². The zero-order valence-corrected chi connectivity index (χ0v) is 15.2. The van der Waals surface area contributed by atoms with Crippen LogP contribution in [0.4, 0.5) is 0 Å². The van der Waals surface area contributed by atoms with Gasteiger partial charge in [-0.05, 0) is 44.5 Å². The van der Waals surface area contributed by atoms with E-state index in [4.69, 9.17) is 25.8 Å². The van der Waals surface area contributed by atoms with E-state index in [1.807, 2.05) is 17.9 Å². The lowest BCUT2D eigenvalue weighted by atomic mass is 10.0. The summed E-state index contributed by atoms with van der Waals surface area (Å²) < 4.78 is 17.4. The van der Waals surface area contributed by atoms with Gasteiger partial charge in [0.2, 0.25) is 0 Å². The molecule has 1 aromatic carbocycles. The number of carbonyl (C=O) groups is 1. The third-order valence-corrected chi connectivity index (χ3v) is 5.07. The molecule has 0 unspecified atom stereocenters. The summed E-state index contributed by atoms with van der Waals surface area (Å²) >= 11 is 6.04. The summed E-state index contributed by atoms with van der Waals surface area (Å²) in [4.78, 5) is 14.7. The van der Waals surface area contributed by atoms with Gasteiger partial charge in [-0.3, -0.25) is 4.79 Å². The Bertz CT molecular complexity index is 615. The van der Waals surface area contributed by atoms with Crippen LogP contribution in [0.3, 0.4) is 0 Å². The van der Waals surface area contributed by atoms with E-state index in [2.05, 4.69) is 0 Å². The topological polar surface area (TPSA) is 48.0 Å². The van der Waals surface area contributed by atoms with Gasteiger partial charge in [0.1, 0.15) is 5.75 Å². The molecular weight excluding hydrogens is 330 g/mol. The summed E-state index contributed by atoms with van der Waals surface area (Å²) in [6.07, 6.45) is 1.41. The second kappa shape index (κ2) is 6.54. The minimum absolute atomic E-state index is 0.0250. The van der Waals surface area contributed by atoms with Gasteiger partial charge < -0.3 is 19.1 Å². The highest BCUT2D eigenvalue weighted by atomic mass is 35.5. The molecule has 1 aromatic rings. The van der Waals surface area contributed by atoms with Gasteiger partial charge in [-0.25, -0.2) is 0 Å². The van der Waals surface area contributed by atoms with Gasteiger partial charge in [0.25, 0.3) is 5.91 Å². The summed E-state index contributed by atoms with van der Waals surface area (Å²) in [5, 5.41) is 0.685. The average Bonchev–Trinajstić information content (AvgIpc) is 2.99. The zero-order valence-electron chi connectivity index (χ0n) is 14.4. The molecule has 0 bridgehead atoms. The number of hydrogen-bond acceptors (Lipinski definition) is 4. The number of rotatable bonds is 3. The third-order valence-electron chi connectivity index (χ3n) is 4.64. The molecule has 0 atom stereocenters. The van der Waals surface area contributed by atoms with Crippen molar-refractivity contribution < 1.29 is 19.0 Å². The van der Waals surface area contributed by atoms with E-state index in [0.717, 1.165) is 5.56 Å². The highest BCUT2D eigenvalue weighted by Gasteiger charge is 2.43. The smallest absolute Gasteiger partial charge is 0.266 e. The fraction of sp³-hybridized carbons (Fsp3) is 0.611. The Morgan fingerprint density at radius 2 is 1.88 bits per heavy atom. The van der Waals surface area contributed by atoms with E-state index in [-0.39, 0.29) is 5.91 Å². The Morgan fingerprint density at radius 3 is 2.46 bits per heavy atom. The van der Waals surface area contributed by atoms with Crippen molar-refractivity contribution in [2.45, 2.75) is 45.0 Å². The van der Waals surface area contributed by atoms with Crippen molar-refractivity contribution in [3.63, 3.8) is 0 Å². The predicted octanol–water partition coefficient (Wildman–Crippen LogP) is 3.17. The summed E-state index contributed by atoms with van der Waals surface area (Å²) in [5.74, 6) is 0.142. The van der Waals surface area contributed by atoms with Crippen molar-refractivity contribution in [3.05, 3.63) is 28.8 Å². The summed E-state index contributed by atoms with van der Waals surface area (Å²) in [6, 6.07) is 5.42. The summed E-state index contributed by atoms with van der Waals surface area (Å²) in [6.45, 7) is 8.02. The van der Waals surface area contributed by atoms with Gasteiger partial charge in [-0.1, -0.05) is 11.6 Å². The van der Waals surface area contributed by atoms with Gasteiger partial charge in [-0.2, -0.15) is 0 Å². The lowest BCUT2D eigenvalue weighted by Crippen LogP contribution is -2.54. The molecule has 0 N–H and O–H groups in total. The number of likely N-dealkylation sites (tertiary alicyclic amines) is 1. The van der Waals surface area contributed by atoms with Crippen molar-refractivity contribution in [2.75, 3.05) is 26.3 Å². The van der Waals surface area contributed by atoms with Gasteiger partial charge in [-0.15, -0.1) is 0 Å². The van der Waals surface area contributed by atoms with Crippen LogP contribution in [-0.2, 0) is 14.3 Å². The van der Waals surface area contributed by atoms with Crippen LogP contribution in [0.15, 0.2) is 18.2 Å². The van der Waals surface area contributed by atoms with Crippen LogP contribution in [0.25, 0.3) is 0 Å². The first-order valence-electron chi connectivity index (χ1n) is 8.34. The minimum Gasteiger partial charge on any atom is -0.478 e. The lowest BCUT2D eigenvalue weighted by molar-refractivity contribution is -0.190. The van der Waals surface area contributed by atoms with Crippen LogP contribution in [0.2, 0.25) is 5.02 Å². The molecule has 2 fully saturated rings. The van der Waals surface area contributed by atoms with E-state index < -0.39 is 11.4 Å². The molecule has 1 spiro atoms. The number of halogens is 1. The van der Waals surface area contributed by atoms with E-state index >= 15 is 0 Å². The molecule has 2 saturated heterocycles. The van der Waals surface area contributed by atoms with Crippen molar-refractivity contribution in [2.24, 2.45) is 0 Å². The maximum absolute atomic E-state index is 12.9. The van der Waals surface area contributed by atoms with Crippen LogP contribution in [0.5, 0.6) is 5.75 Å². The Morgan fingerprint density at radius 1 is 1.25 bits per heavy atom. The number of ether oxygens (including phenoxy) is 3. The van der Waals surface area contributed by atoms with Gasteiger partial charge in [0, 0.05) is 31.0 Å². The monoisotopic (exact) mass is 353 g/mol. The average molecular weight is 354 g/mol. The molecule has 1 amide bonds. The molecule has 0 aliphatic carbocycles. The highest BCUT2D eigenvalue weighted by molar-refractivity contribution is 6.31. The molecule has 6 heteroatoms. The van der Waals surface area contributed by atoms with Crippen molar-refractivity contribution in [3.8, 4) is 5.75 Å². The molecule has 132 valence electrons. The SMILES string of the molecule is Cc1cc(OC(C)(C)C(=O)N2CCC3(CC2)OCCO3)ccc1Cl. The lowest BCUT2D eigenvalue weighted by Gasteiger charge is -2.40. The summed E-state index contributed by atoms with van der Waals surface area (Å²) in [7, 11) is 0. The summed E-state index contributed by atoms with van der Waals surface area (Å²) in [5.41, 5.74) is -0.0184. The van der Waals surface area contributed by atoms with Crippen molar-refractivity contribution in [1.82, 2.24) is 4.90 Å². The van der Waals surface area contributed by atoms with Crippen LogP contribution in [0.1, 0.15) is 32.3 Å². The largest absolute Gasteiger partial charge is 0.478 e. The first-order chi connectivity index (χ1) is 11.3. The first kappa shape index (κ1) is 17.5. The maximum Gasteiger partial charge on any atom is 0.266 e. The molecule has 24 heavy (non-hydrogen) atoms. The number of carbonyl (C=O) groups excluding carboxylic acids is 1. The third kappa shape index (κ3) is 3.53. The van der Waals surface area contributed by atoms with E-state index in [9.17, 15) is 4.79 Å². The van der Waals surface area contributed by atoms with Gasteiger partial charge >= 0.3 is 0 Å². The van der Waals surface area contributed by atoms with Crippen LogP contribution >= 0.6 is 11.6 Å². The predicted molar refractivity (Wildman–Crippen MR) is 91.3 cm³/mol. The minimum atomic E-state index is -0.942. The van der Waals surface area contributed by atoms with Crippen molar-refractivity contribution >= 4 is 17.5 Å². The van der Waals surface area contributed by atoms with Crippen LogP contribution in [0, 0.1) is 6.92 Å². The quantitative estimate of drug-likeness (QED) is 0.837. The zero-order chi connectivity index (χ0) is 17.4. The standard InChI is InChI=1S/C18H24ClNO4/c1-13-12-14(4-5-15(13)19)24-17(2,3)16(21)20-8-6-18(7-9-20)22-10-11-23-18/h4-5,12H,6-11H2,1-3H3. The molecule has 0 aromatic heterocycles. The normalized spacial score (nSPS) is 20.4. The van der Waals surface area contributed by atoms with Crippen molar-refractivity contribution in [1.29, 1.82) is 0 Å². The Balaban J connectivity index is 1.63.